The molecule has 0 aromatic heterocycles. The lowest BCUT2D eigenvalue weighted by Gasteiger charge is -2.57. The fourth-order valence-electron chi connectivity index (χ4n) is 1.84. The summed E-state index contributed by atoms with van der Waals surface area (Å²) < 4.78 is 0. The largest absolute Gasteiger partial charge is 0.339 e. The molecule has 2 heteroatoms. The van der Waals surface area contributed by atoms with E-state index < -0.39 is 0 Å². The molecule has 0 radical (unpaired) electrons. The summed E-state index contributed by atoms with van der Waals surface area (Å²) in [6.45, 7) is 1.00. The number of rotatable bonds is 1. The smallest absolute Gasteiger partial charge is 0.210 e. The number of nitrogens with zero attached hydrogens (tertiary/aromatic N) is 1. The van der Waals surface area contributed by atoms with Crippen molar-refractivity contribution in [3.63, 3.8) is 0 Å². The lowest BCUT2D eigenvalue weighted by molar-refractivity contribution is -0.141. The van der Waals surface area contributed by atoms with Gasteiger partial charge in [-0.15, -0.1) is 0 Å². The highest BCUT2D eigenvalue weighted by molar-refractivity contribution is 5.51. The maximum atomic E-state index is 10.3. The molecule has 0 aromatic rings. The Hall–Kier alpha value is -0.530. The van der Waals surface area contributed by atoms with Gasteiger partial charge in [0.1, 0.15) is 0 Å². The summed E-state index contributed by atoms with van der Waals surface area (Å²) >= 11 is 0. The summed E-state index contributed by atoms with van der Waals surface area (Å²) in [7, 11) is 0. The van der Waals surface area contributed by atoms with Crippen LogP contribution in [-0.2, 0) is 4.79 Å². The molecule has 1 aliphatic heterocycles. The van der Waals surface area contributed by atoms with Crippen LogP contribution in [0.25, 0.3) is 0 Å². The maximum absolute atomic E-state index is 10.3. The summed E-state index contributed by atoms with van der Waals surface area (Å²) in [5.41, 5.74) is 0.377. The first-order chi connectivity index (χ1) is 4.37. The predicted molar refractivity (Wildman–Crippen MR) is 34.0 cm³/mol. The van der Waals surface area contributed by atoms with Crippen LogP contribution in [0.15, 0.2) is 0 Å². The minimum absolute atomic E-state index is 0.377. The third kappa shape index (κ3) is 0.485. The van der Waals surface area contributed by atoms with E-state index in [-0.39, 0.29) is 0 Å². The molecular weight excluding hydrogens is 114 g/mol. The van der Waals surface area contributed by atoms with Gasteiger partial charge >= 0.3 is 0 Å². The van der Waals surface area contributed by atoms with E-state index in [2.05, 4.69) is 0 Å². The Morgan fingerprint density at radius 3 is 2.22 bits per heavy atom. The Morgan fingerprint density at radius 1 is 1.33 bits per heavy atom. The molecule has 2 fully saturated rings. The zero-order chi connectivity index (χ0) is 6.32. The molecule has 1 spiro atoms. The SMILES string of the molecule is O=CN1CCC12CCC2. The number of hydrogen-bond acceptors (Lipinski definition) is 1. The fraction of sp³-hybridized carbons (Fsp3) is 0.857. The Labute approximate surface area is 54.8 Å². The van der Waals surface area contributed by atoms with E-state index in [0.717, 1.165) is 13.0 Å². The zero-order valence-corrected chi connectivity index (χ0v) is 5.47. The standard InChI is InChI=1S/C7H11NO/c9-6-8-5-4-7(8)2-1-3-7/h6H,1-5H2. The van der Waals surface area contributed by atoms with Gasteiger partial charge in [0, 0.05) is 12.1 Å². The molecule has 1 saturated carbocycles. The van der Waals surface area contributed by atoms with Crippen molar-refractivity contribution in [2.45, 2.75) is 31.2 Å². The summed E-state index contributed by atoms with van der Waals surface area (Å²) in [6.07, 6.45) is 6.09. The molecule has 1 aliphatic carbocycles. The van der Waals surface area contributed by atoms with Crippen LogP contribution in [-0.4, -0.2) is 23.4 Å². The van der Waals surface area contributed by atoms with Crippen molar-refractivity contribution in [2.75, 3.05) is 6.54 Å². The molecule has 2 aliphatic rings. The molecule has 1 saturated heterocycles. The normalized spacial score (nSPS) is 29.1. The number of hydrogen-bond donors (Lipinski definition) is 0. The van der Waals surface area contributed by atoms with E-state index in [1.807, 2.05) is 4.90 Å². The van der Waals surface area contributed by atoms with Gasteiger partial charge in [0.2, 0.25) is 6.41 Å². The number of amides is 1. The van der Waals surface area contributed by atoms with E-state index in [0.29, 0.717) is 5.54 Å². The number of likely N-dealkylation sites (tertiary alicyclic amines) is 1. The van der Waals surface area contributed by atoms with Crippen molar-refractivity contribution in [1.82, 2.24) is 4.90 Å². The van der Waals surface area contributed by atoms with Crippen LogP contribution in [0.4, 0.5) is 0 Å². The van der Waals surface area contributed by atoms with Crippen LogP contribution in [0.2, 0.25) is 0 Å². The van der Waals surface area contributed by atoms with E-state index in [4.69, 9.17) is 0 Å². The third-order valence-electron chi connectivity index (χ3n) is 2.84. The van der Waals surface area contributed by atoms with Gasteiger partial charge in [-0.1, -0.05) is 0 Å². The quantitative estimate of drug-likeness (QED) is 0.474. The first kappa shape index (κ1) is 5.27. The fourth-order valence-corrected chi connectivity index (χ4v) is 1.84. The maximum Gasteiger partial charge on any atom is 0.210 e. The molecule has 0 unspecified atom stereocenters. The average Bonchev–Trinajstić information content (AvgIpc) is 1.59. The molecule has 50 valence electrons. The molecule has 9 heavy (non-hydrogen) atoms. The van der Waals surface area contributed by atoms with Gasteiger partial charge in [-0.3, -0.25) is 4.79 Å². The van der Waals surface area contributed by atoms with E-state index in [1.165, 1.54) is 25.7 Å². The molecule has 2 rings (SSSR count). The molecule has 0 aromatic carbocycles. The highest BCUT2D eigenvalue weighted by Gasteiger charge is 2.48. The second-order valence-corrected chi connectivity index (χ2v) is 3.13. The first-order valence-corrected chi connectivity index (χ1v) is 3.59. The lowest BCUT2D eigenvalue weighted by atomic mass is 9.68. The van der Waals surface area contributed by atoms with Crippen LogP contribution in [0.5, 0.6) is 0 Å². The molecule has 2 nitrogen and oxygen atoms in total. The molecule has 0 N–H and O–H groups in total. The van der Waals surface area contributed by atoms with Crippen LogP contribution >= 0.6 is 0 Å². The van der Waals surface area contributed by atoms with Gasteiger partial charge in [-0.05, 0) is 25.7 Å². The summed E-state index contributed by atoms with van der Waals surface area (Å²) in [6, 6.07) is 0. The Bertz CT molecular complexity index is 134. The zero-order valence-electron chi connectivity index (χ0n) is 5.47. The van der Waals surface area contributed by atoms with Gasteiger partial charge in [-0.25, -0.2) is 0 Å². The van der Waals surface area contributed by atoms with E-state index >= 15 is 0 Å². The molecule has 1 heterocycles. The lowest BCUT2D eigenvalue weighted by Crippen LogP contribution is -2.62. The van der Waals surface area contributed by atoms with Gasteiger partial charge in [0.25, 0.3) is 0 Å². The van der Waals surface area contributed by atoms with Crippen molar-refractivity contribution < 1.29 is 4.79 Å². The van der Waals surface area contributed by atoms with Gasteiger partial charge in [-0.2, -0.15) is 0 Å². The van der Waals surface area contributed by atoms with Gasteiger partial charge < -0.3 is 4.90 Å². The van der Waals surface area contributed by atoms with Crippen LogP contribution in [0.3, 0.4) is 0 Å². The Morgan fingerprint density at radius 2 is 2.11 bits per heavy atom. The highest BCUT2D eigenvalue weighted by atomic mass is 16.1. The second kappa shape index (κ2) is 1.49. The molecule has 0 atom stereocenters. The van der Waals surface area contributed by atoms with Crippen molar-refractivity contribution in [3.8, 4) is 0 Å². The van der Waals surface area contributed by atoms with Crippen molar-refractivity contribution in [1.29, 1.82) is 0 Å². The Kier molecular flexibility index (Phi) is 0.875. The molecular formula is C7H11NO. The third-order valence-corrected chi connectivity index (χ3v) is 2.84. The van der Waals surface area contributed by atoms with E-state index in [9.17, 15) is 4.79 Å². The topological polar surface area (TPSA) is 20.3 Å². The Balaban J connectivity index is 2.04. The summed E-state index contributed by atoms with van der Waals surface area (Å²) in [5, 5.41) is 0. The minimum atomic E-state index is 0.377. The molecule has 0 bridgehead atoms. The van der Waals surface area contributed by atoms with Crippen LogP contribution in [0.1, 0.15) is 25.7 Å². The second-order valence-electron chi connectivity index (χ2n) is 3.13. The number of carbonyl (C=O) groups is 1. The molecule has 1 amide bonds. The monoisotopic (exact) mass is 125 g/mol. The van der Waals surface area contributed by atoms with E-state index in [1.54, 1.807) is 0 Å². The van der Waals surface area contributed by atoms with Gasteiger partial charge in [0.05, 0.1) is 0 Å². The van der Waals surface area contributed by atoms with Crippen molar-refractivity contribution >= 4 is 6.41 Å². The minimum Gasteiger partial charge on any atom is -0.339 e. The summed E-state index contributed by atoms with van der Waals surface area (Å²) in [5.74, 6) is 0. The number of carbonyl (C=O) groups excluding carboxylic acids is 1. The van der Waals surface area contributed by atoms with Crippen LogP contribution in [0, 0.1) is 0 Å². The first-order valence-electron chi connectivity index (χ1n) is 3.59. The van der Waals surface area contributed by atoms with Crippen molar-refractivity contribution in [2.24, 2.45) is 0 Å². The highest BCUT2D eigenvalue weighted by Crippen LogP contribution is 2.45. The average molecular weight is 125 g/mol. The van der Waals surface area contributed by atoms with Crippen LogP contribution < -0.4 is 0 Å². The van der Waals surface area contributed by atoms with Crippen molar-refractivity contribution in [3.05, 3.63) is 0 Å². The predicted octanol–water partition coefficient (Wildman–Crippen LogP) is 0.771. The summed E-state index contributed by atoms with van der Waals surface area (Å²) in [4.78, 5) is 12.3. The van der Waals surface area contributed by atoms with Gasteiger partial charge in [0.15, 0.2) is 0 Å².